The van der Waals surface area contributed by atoms with Crippen LogP contribution in [0, 0.1) is 0 Å². The smallest absolute Gasteiger partial charge is 0.234 e. The van der Waals surface area contributed by atoms with Crippen LogP contribution >= 0.6 is 23.5 Å². The van der Waals surface area contributed by atoms with Crippen molar-refractivity contribution >= 4 is 35.1 Å². The monoisotopic (exact) mass is 360 g/mol. The number of anilines is 1. The van der Waals surface area contributed by atoms with E-state index in [1.807, 2.05) is 36.6 Å². The molecule has 1 aliphatic rings. The van der Waals surface area contributed by atoms with Gasteiger partial charge in [0.1, 0.15) is 5.82 Å². The van der Waals surface area contributed by atoms with Crippen LogP contribution in [0.3, 0.4) is 0 Å². The third-order valence-electron chi connectivity index (χ3n) is 3.71. The lowest BCUT2D eigenvalue weighted by Crippen LogP contribution is -2.15. The van der Waals surface area contributed by atoms with Crippen molar-refractivity contribution in [2.75, 3.05) is 17.3 Å². The Morgan fingerprint density at radius 2 is 2.21 bits per heavy atom. The van der Waals surface area contributed by atoms with E-state index in [9.17, 15) is 4.79 Å². The Balaban J connectivity index is 1.63. The molecule has 1 aromatic carbocycles. The highest BCUT2D eigenvalue weighted by Gasteiger charge is 2.30. The van der Waals surface area contributed by atoms with Gasteiger partial charge in [-0.2, -0.15) is 0 Å². The van der Waals surface area contributed by atoms with Crippen LogP contribution in [-0.2, 0) is 11.3 Å². The number of amides is 1. The molecule has 0 bridgehead atoms. The molecule has 126 valence electrons. The highest BCUT2D eigenvalue weighted by Crippen LogP contribution is 2.40. The van der Waals surface area contributed by atoms with Crippen molar-refractivity contribution in [1.82, 2.24) is 14.8 Å². The molecule has 7 heteroatoms. The fourth-order valence-corrected chi connectivity index (χ4v) is 3.72. The minimum absolute atomic E-state index is 0.0392. The summed E-state index contributed by atoms with van der Waals surface area (Å²) < 4.78 is 2.07. The first-order chi connectivity index (χ1) is 11.7. The van der Waals surface area contributed by atoms with Gasteiger partial charge < -0.3 is 9.88 Å². The zero-order chi connectivity index (χ0) is 16.9. The van der Waals surface area contributed by atoms with Crippen LogP contribution in [0.25, 0.3) is 0 Å². The largest absolute Gasteiger partial charge is 0.324 e. The molecule has 0 unspecified atom stereocenters. The average molecular weight is 361 g/mol. The lowest BCUT2D eigenvalue weighted by molar-refractivity contribution is -0.113. The molecule has 1 aromatic heterocycles. The Hall–Kier alpha value is -1.73. The van der Waals surface area contributed by atoms with Crippen molar-refractivity contribution in [2.24, 2.45) is 0 Å². The second-order valence-corrected chi connectivity index (χ2v) is 7.34. The van der Waals surface area contributed by atoms with E-state index in [4.69, 9.17) is 0 Å². The summed E-state index contributed by atoms with van der Waals surface area (Å²) in [5.74, 6) is 1.81. The number of carbonyl (C=O) groups is 1. The SMILES string of the molecule is C=CCn1c(SCC(=O)Nc2ccccc2SC)nnc1C1CC1. The number of nitrogens with one attached hydrogen (secondary N) is 1. The molecule has 2 aromatic rings. The van der Waals surface area contributed by atoms with Gasteiger partial charge in [0.25, 0.3) is 0 Å². The van der Waals surface area contributed by atoms with E-state index in [-0.39, 0.29) is 5.91 Å². The van der Waals surface area contributed by atoms with E-state index in [2.05, 4.69) is 26.7 Å². The molecule has 1 aliphatic carbocycles. The van der Waals surface area contributed by atoms with Crippen molar-refractivity contribution in [3.05, 3.63) is 42.7 Å². The number of hydrogen-bond donors (Lipinski definition) is 1. The Morgan fingerprint density at radius 3 is 2.92 bits per heavy atom. The van der Waals surface area contributed by atoms with Crippen LogP contribution in [-0.4, -0.2) is 32.7 Å². The number of aromatic nitrogens is 3. The lowest BCUT2D eigenvalue weighted by atomic mass is 10.3. The Morgan fingerprint density at radius 1 is 1.42 bits per heavy atom. The molecular formula is C17H20N4OS2. The fourth-order valence-electron chi connectivity index (χ4n) is 2.42. The molecule has 1 amide bonds. The second-order valence-electron chi connectivity index (χ2n) is 5.55. The number of hydrogen-bond acceptors (Lipinski definition) is 5. The van der Waals surface area contributed by atoms with Gasteiger partial charge in [-0.1, -0.05) is 30.0 Å². The number of thioether (sulfide) groups is 2. The zero-order valence-corrected chi connectivity index (χ0v) is 15.2. The van der Waals surface area contributed by atoms with E-state index in [0.717, 1.165) is 21.6 Å². The molecular weight excluding hydrogens is 340 g/mol. The van der Waals surface area contributed by atoms with Crippen LogP contribution in [0.1, 0.15) is 24.6 Å². The third kappa shape index (κ3) is 4.02. The Kier molecular flexibility index (Phi) is 5.63. The number of nitrogens with zero attached hydrogens (tertiary/aromatic N) is 3. The third-order valence-corrected chi connectivity index (χ3v) is 5.48. The fraction of sp³-hybridized carbons (Fsp3) is 0.353. The summed E-state index contributed by atoms with van der Waals surface area (Å²) >= 11 is 3.03. The molecule has 0 atom stereocenters. The quantitative estimate of drug-likeness (QED) is 0.573. The van der Waals surface area contributed by atoms with Crippen molar-refractivity contribution in [2.45, 2.75) is 35.4 Å². The van der Waals surface area contributed by atoms with Crippen LogP contribution in [0.5, 0.6) is 0 Å². The van der Waals surface area contributed by atoms with Crippen LogP contribution in [0.15, 0.2) is 47.0 Å². The number of benzene rings is 1. The predicted molar refractivity (Wildman–Crippen MR) is 99.8 cm³/mol. The first kappa shape index (κ1) is 17.1. The van der Waals surface area contributed by atoms with Gasteiger partial charge in [-0.15, -0.1) is 28.5 Å². The van der Waals surface area contributed by atoms with Crippen LogP contribution in [0.4, 0.5) is 5.69 Å². The van der Waals surface area contributed by atoms with E-state index in [1.165, 1.54) is 24.6 Å². The van der Waals surface area contributed by atoms with Crippen molar-refractivity contribution in [1.29, 1.82) is 0 Å². The summed E-state index contributed by atoms with van der Waals surface area (Å²) in [5.41, 5.74) is 0.849. The molecule has 1 saturated carbocycles. The molecule has 24 heavy (non-hydrogen) atoms. The van der Waals surface area contributed by atoms with E-state index in [1.54, 1.807) is 11.8 Å². The molecule has 0 saturated heterocycles. The lowest BCUT2D eigenvalue weighted by Gasteiger charge is -2.09. The van der Waals surface area contributed by atoms with Crippen molar-refractivity contribution < 1.29 is 4.79 Å². The molecule has 1 N–H and O–H groups in total. The minimum atomic E-state index is -0.0392. The maximum atomic E-state index is 12.3. The molecule has 0 spiro atoms. The summed E-state index contributed by atoms with van der Waals surface area (Å²) in [6, 6.07) is 7.80. The van der Waals surface area contributed by atoms with Gasteiger partial charge in [-0.05, 0) is 31.2 Å². The minimum Gasteiger partial charge on any atom is -0.324 e. The number of carbonyl (C=O) groups excluding carboxylic acids is 1. The van der Waals surface area contributed by atoms with Gasteiger partial charge in [0.2, 0.25) is 5.91 Å². The maximum absolute atomic E-state index is 12.3. The molecule has 0 radical (unpaired) electrons. The number of allylic oxidation sites excluding steroid dienone is 1. The van der Waals surface area contributed by atoms with Gasteiger partial charge in [0.05, 0.1) is 11.4 Å². The first-order valence-corrected chi connectivity index (χ1v) is 10.0. The molecule has 1 heterocycles. The van der Waals surface area contributed by atoms with Gasteiger partial charge in [0, 0.05) is 17.4 Å². The second kappa shape index (κ2) is 7.90. The topological polar surface area (TPSA) is 59.8 Å². The van der Waals surface area contributed by atoms with E-state index < -0.39 is 0 Å². The number of para-hydroxylation sites is 1. The van der Waals surface area contributed by atoms with Gasteiger partial charge >= 0.3 is 0 Å². The van der Waals surface area contributed by atoms with Gasteiger partial charge in [0.15, 0.2) is 5.16 Å². The van der Waals surface area contributed by atoms with E-state index >= 15 is 0 Å². The van der Waals surface area contributed by atoms with Crippen molar-refractivity contribution in [3.63, 3.8) is 0 Å². The highest BCUT2D eigenvalue weighted by atomic mass is 32.2. The van der Waals surface area contributed by atoms with Gasteiger partial charge in [-0.3, -0.25) is 4.79 Å². The molecule has 1 fully saturated rings. The standard InChI is InChI=1S/C17H20N4OS2/c1-3-10-21-16(12-8-9-12)19-20-17(21)24-11-15(22)18-13-6-4-5-7-14(13)23-2/h3-7,12H,1,8-11H2,2H3,(H,18,22). The van der Waals surface area contributed by atoms with E-state index in [0.29, 0.717) is 18.2 Å². The summed E-state index contributed by atoms with van der Waals surface area (Å²) in [4.78, 5) is 13.3. The molecule has 3 rings (SSSR count). The zero-order valence-electron chi connectivity index (χ0n) is 13.6. The maximum Gasteiger partial charge on any atom is 0.234 e. The summed E-state index contributed by atoms with van der Waals surface area (Å²) in [6.45, 7) is 4.48. The van der Waals surface area contributed by atoms with Crippen LogP contribution < -0.4 is 5.32 Å². The van der Waals surface area contributed by atoms with Crippen LogP contribution in [0.2, 0.25) is 0 Å². The Bertz CT molecular complexity index is 740. The van der Waals surface area contributed by atoms with Crippen molar-refractivity contribution in [3.8, 4) is 0 Å². The summed E-state index contributed by atoms with van der Waals surface area (Å²) in [5, 5.41) is 12.3. The number of rotatable bonds is 8. The summed E-state index contributed by atoms with van der Waals surface area (Å²) in [7, 11) is 0. The molecule has 5 nitrogen and oxygen atoms in total. The van der Waals surface area contributed by atoms with Gasteiger partial charge in [-0.25, -0.2) is 0 Å². The molecule has 0 aliphatic heterocycles. The average Bonchev–Trinajstić information content (AvgIpc) is 3.36. The summed E-state index contributed by atoms with van der Waals surface area (Å²) in [6.07, 6.45) is 6.18. The first-order valence-electron chi connectivity index (χ1n) is 7.82. The Labute approximate surface area is 150 Å². The normalized spacial score (nSPS) is 13.7. The highest BCUT2D eigenvalue weighted by molar-refractivity contribution is 7.99. The predicted octanol–water partition coefficient (Wildman–Crippen LogP) is 3.79.